The van der Waals surface area contributed by atoms with Gasteiger partial charge in [0, 0.05) is 11.1 Å². The van der Waals surface area contributed by atoms with Gasteiger partial charge in [-0.25, -0.2) is 4.39 Å². The molecule has 0 atom stereocenters. The Balaban J connectivity index is 2.02. The molecule has 0 fully saturated rings. The number of benzene rings is 2. The molecule has 0 spiro atoms. The van der Waals surface area contributed by atoms with Gasteiger partial charge in [0.2, 0.25) is 0 Å². The van der Waals surface area contributed by atoms with Crippen molar-refractivity contribution in [3.05, 3.63) is 64.9 Å². The van der Waals surface area contributed by atoms with Crippen LogP contribution >= 0.6 is 11.6 Å². The van der Waals surface area contributed by atoms with Crippen molar-refractivity contribution in [1.82, 2.24) is 10.2 Å². The van der Waals surface area contributed by atoms with E-state index in [-0.39, 0.29) is 5.02 Å². The minimum Gasteiger partial charge on any atom is -0.277 e. The Morgan fingerprint density at radius 2 is 1.90 bits per heavy atom. The predicted molar refractivity (Wildman–Crippen MR) is 79.2 cm³/mol. The van der Waals surface area contributed by atoms with Crippen LogP contribution in [0.2, 0.25) is 5.02 Å². The maximum atomic E-state index is 13.2. The Kier molecular flexibility index (Phi) is 3.28. The fourth-order valence-corrected chi connectivity index (χ4v) is 2.32. The third-order valence-corrected chi connectivity index (χ3v) is 3.52. The van der Waals surface area contributed by atoms with Crippen molar-refractivity contribution in [3.8, 4) is 22.5 Å². The summed E-state index contributed by atoms with van der Waals surface area (Å²) in [5, 5.41) is 7.38. The Labute approximate surface area is 121 Å². The predicted octanol–water partition coefficient (Wildman–Crippen LogP) is 4.84. The molecule has 0 bridgehead atoms. The third kappa shape index (κ3) is 2.32. The summed E-state index contributed by atoms with van der Waals surface area (Å²) in [4.78, 5) is 0. The highest BCUT2D eigenvalue weighted by molar-refractivity contribution is 6.31. The molecule has 3 rings (SSSR count). The van der Waals surface area contributed by atoms with Crippen LogP contribution in [0, 0.1) is 12.7 Å². The van der Waals surface area contributed by atoms with Gasteiger partial charge in [-0.3, -0.25) is 5.10 Å². The molecule has 0 unspecified atom stereocenters. The highest BCUT2D eigenvalue weighted by Gasteiger charge is 2.09. The number of hydrogen-bond acceptors (Lipinski definition) is 1. The molecule has 4 heteroatoms. The van der Waals surface area contributed by atoms with Crippen LogP contribution in [-0.4, -0.2) is 10.2 Å². The van der Waals surface area contributed by atoms with Gasteiger partial charge in [-0.2, -0.15) is 5.10 Å². The molecule has 2 aromatic carbocycles. The highest BCUT2D eigenvalue weighted by Crippen LogP contribution is 2.28. The summed E-state index contributed by atoms with van der Waals surface area (Å²) in [6.45, 7) is 2.05. The molecule has 0 aliphatic heterocycles. The Hall–Kier alpha value is -2.13. The molecular weight excluding hydrogens is 275 g/mol. The first kappa shape index (κ1) is 12.9. The Bertz CT molecular complexity index is 765. The van der Waals surface area contributed by atoms with Gasteiger partial charge in [0.1, 0.15) is 5.82 Å². The molecule has 2 nitrogen and oxygen atoms in total. The summed E-state index contributed by atoms with van der Waals surface area (Å²) < 4.78 is 13.2. The molecule has 0 aliphatic rings. The lowest BCUT2D eigenvalue weighted by molar-refractivity contribution is 0.628. The molecular formula is C16H12ClFN2. The van der Waals surface area contributed by atoms with Crippen LogP contribution in [0.3, 0.4) is 0 Å². The normalized spacial score (nSPS) is 10.8. The monoisotopic (exact) mass is 286 g/mol. The zero-order chi connectivity index (χ0) is 14.1. The van der Waals surface area contributed by atoms with E-state index in [1.54, 1.807) is 12.1 Å². The first-order valence-electron chi connectivity index (χ1n) is 6.22. The molecule has 0 saturated heterocycles. The summed E-state index contributed by atoms with van der Waals surface area (Å²) in [7, 11) is 0. The average Bonchev–Trinajstić information content (AvgIpc) is 2.92. The third-order valence-electron chi connectivity index (χ3n) is 3.23. The molecule has 0 aliphatic carbocycles. The van der Waals surface area contributed by atoms with Crippen LogP contribution in [-0.2, 0) is 0 Å². The summed E-state index contributed by atoms with van der Waals surface area (Å²) >= 11 is 5.80. The van der Waals surface area contributed by atoms with E-state index in [0.717, 1.165) is 22.5 Å². The fourth-order valence-electron chi connectivity index (χ4n) is 2.14. The SMILES string of the molecule is Cc1ccccc1-c1cc(-c2ccc(F)c(Cl)c2)n[nH]1. The first-order chi connectivity index (χ1) is 9.65. The summed E-state index contributed by atoms with van der Waals surface area (Å²) in [6.07, 6.45) is 0. The molecule has 0 amide bonds. The van der Waals surface area contributed by atoms with Crippen molar-refractivity contribution < 1.29 is 4.39 Å². The van der Waals surface area contributed by atoms with E-state index < -0.39 is 5.82 Å². The largest absolute Gasteiger partial charge is 0.277 e. The summed E-state index contributed by atoms with van der Waals surface area (Å²) in [5.41, 5.74) is 4.72. The van der Waals surface area contributed by atoms with E-state index in [0.29, 0.717) is 0 Å². The fraction of sp³-hybridized carbons (Fsp3) is 0.0625. The van der Waals surface area contributed by atoms with Crippen molar-refractivity contribution in [2.45, 2.75) is 6.92 Å². The lowest BCUT2D eigenvalue weighted by Crippen LogP contribution is -1.81. The highest BCUT2D eigenvalue weighted by atomic mass is 35.5. The zero-order valence-corrected chi connectivity index (χ0v) is 11.6. The zero-order valence-electron chi connectivity index (χ0n) is 10.8. The molecule has 1 heterocycles. The number of aromatic nitrogens is 2. The number of aromatic amines is 1. The van der Waals surface area contributed by atoms with Crippen molar-refractivity contribution in [1.29, 1.82) is 0 Å². The second-order valence-electron chi connectivity index (χ2n) is 4.61. The van der Waals surface area contributed by atoms with Crippen LogP contribution in [0.25, 0.3) is 22.5 Å². The van der Waals surface area contributed by atoms with Gasteiger partial charge in [0.15, 0.2) is 0 Å². The lowest BCUT2D eigenvalue weighted by atomic mass is 10.0. The quantitative estimate of drug-likeness (QED) is 0.717. The molecule has 0 radical (unpaired) electrons. The number of H-pyrrole nitrogens is 1. The second kappa shape index (κ2) is 5.10. The summed E-state index contributed by atoms with van der Waals surface area (Å²) in [6, 6.07) is 14.6. The van der Waals surface area contributed by atoms with Gasteiger partial charge >= 0.3 is 0 Å². The topological polar surface area (TPSA) is 28.7 Å². The van der Waals surface area contributed by atoms with Crippen LogP contribution in [0.1, 0.15) is 5.56 Å². The number of halogens is 2. The first-order valence-corrected chi connectivity index (χ1v) is 6.60. The maximum Gasteiger partial charge on any atom is 0.141 e. The minimum atomic E-state index is -0.426. The standard InChI is InChI=1S/C16H12ClFN2/c1-10-4-2-3-5-12(10)16-9-15(19-20-16)11-6-7-14(18)13(17)8-11/h2-9H,1H3,(H,19,20). The molecule has 1 aromatic heterocycles. The van der Waals surface area contributed by atoms with Crippen molar-refractivity contribution in [3.63, 3.8) is 0 Å². The lowest BCUT2D eigenvalue weighted by Gasteiger charge is -2.01. The summed E-state index contributed by atoms with van der Waals surface area (Å²) in [5.74, 6) is -0.426. The second-order valence-corrected chi connectivity index (χ2v) is 5.02. The van der Waals surface area contributed by atoms with Crippen molar-refractivity contribution in [2.75, 3.05) is 0 Å². The number of nitrogens with zero attached hydrogens (tertiary/aromatic N) is 1. The Morgan fingerprint density at radius 1 is 1.10 bits per heavy atom. The number of hydrogen-bond donors (Lipinski definition) is 1. The Morgan fingerprint density at radius 3 is 2.65 bits per heavy atom. The molecule has 0 saturated carbocycles. The molecule has 100 valence electrons. The van der Waals surface area contributed by atoms with Crippen LogP contribution in [0.4, 0.5) is 4.39 Å². The minimum absolute atomic E-state index is 0.0999. The van der Waals surface area contributed by atoms with E-state index in [2.05, 4.69) is 10.2 Å². The number of rotatable bonds is 2. The van der Waals surface area contributed by atoms with Gasteiger partial charge in [-0.1, -0.05) is 35.9 Å². The van der Waals surface area contributed by atoms with E-state index in [1.165, 1.54) is 11.6 Å². The number of aryl methyl sites for hydroxylation is 1. The van der Waals surface area contributed by atoms with Crippen LogP contribution in [0.5, 0.6) is 0 Å². The number of nitrogens with one attached hydrogen (secondary N) is 1. The molecule has 20 heavy (non-hydrogen) atoms. The van der Waals surface area contributed by atoms with E-state index in [9.17, 15) is 4.39 Å². The van der Waals surface area contributed by atoms with Gasteiger partial charge in [0.05, 0.1) is 16.4 Å². The van der Waals surface area contributed by atoms with Gasteiger partial charge in [-0.15, -0.1) is 0 Å². The van der Waals surface area contributed by atoms with Gasteiger partial charge in [-0.05, 0) is 36.8 Å². The van der Waals surface area contributed by atoms with E-state index >= 15 is 0 Å². The van der Waals surface area contributed by atoms with Gasteiger partial charge < -0.3 is 0 Å². The van der Waals surface area contributed by atoms with Crippen LogP contribution in [0.15, 0.2) is 48.5 Å². The van der Waals surface area contributed by atoms with Gasteiger partial charge in [0.25, 0.3) is 0 Å². The van der Waals surface area contributed by atoms with E-state index in [1.807, 2.05) is 37.3 Å². The van der Waals surface area contributed by atoms with E-state index in [4.69, 9.17) is 11.6 Å². The van der Waals surface area contributed by atoms with Crippen molar-refractivity contribution >= 4 is 11.6 Å². The maximum absolute atomic E-state index is 13.2. The molecule has 1 N–H and O–H groups in total. The average molecular weight is 287 g/mol. The van der Waals surface area contributed by atoms with Crippen molar-refractivity contribution in [2.24, 2.45) is 0 Å². The smallest absolute Gasteiger partial charge is 0.141 e. The van der Waals surface area contributed by atoms with Crippen LogP contribution < -0.4 is 0 Å². The molecule has 3 aromatic rings.